The summed E-state index contributed by atoms with van der Waals surface area (Å²) in [5.74, 6) is -0.788. The molecule has 0 spiro atoms. The van der Waals surface area contributed by atoms with Gasteiger partial charge in [-0.15, -0.1) is 0 Å². The molecule has 1 aliphatic rings. The summed E-state index contributed by atoms with van der Waals surface area (Å²) in [6.45, 7) is 1.41. The number of hydrogen-bond acceptors (Lipinski definition) is 3. The Morgan fingerprint density at radius 2 is 2.22 bits per heavy atom. The fraction of sp³-hybridized carbons (Fsp3) is 0.500. The molecule has 0 saturated carbocycles. The molecule has 1 aliphatic heterocycles. The van der Waals surface area contributed by atoms with Crippen molar-refractivity contribution < 1.29 is 14.6 Å². The smallest absolute Gasteiger partial charge is 0.325 e. The van der Waals surface area contributed by atoms with E-state index in [0.29, 0.717) is 6.61 Å². The van der Waals surface area contributed by atoms with E-state index in [1.165, 1.54) is 0 Å². The van der Waals surface area contributed by atoms with Gasteiger partial charge in [0.2, 0.25) is 0 Å². The van der Waals surface area contributed by atoms with Crippen molar-refractivity contribution >= 4 is 5.97 Å². The zero-order valence-corrected chi connectivity index (χ0v) is 10.6. The summed E-state index contributed by atoms with van der Waals surface area (Å²) in [7, 11) is 1.66. The summed E-state index contributed by atoms with van der Waals surface area (Å²) in [5.41, 5.74) is 0.841. The van der Waals surface area contributed by atoms with Gasteiger partial charge >= 0.3 is 5.97 Å². The van der Waals surface area contributed by atoms with Gasteiger partial charge < -0.3 is 9.84 Å². The molecule has 0 aliphatic carbocycles. The molecule has 1 aromatic rings. The van der Waals surface area contributed by atoms with Crippen LogP contribution >= 0.6 is 0 Å². The second-order valence-electron chi connectivity index (χ2n) is 4.64. The van der Waals surface area contributed by atoms with E-state index in [1.54, 1.807) is 7.11 Å². The Kier molecular flexibility index (Phi) is 4.33. The first-order chi connectivity index (χ1) is 8.74. The van der Waals surface area contributed by atoms with Crippen molar-refractivity contribution in [3.63, 3.8) is 0 Å². The Morgan fingerprint density at radius 1 is 1.50 bits per heavy atom. The minimum Gasteiger partial charge on any atom is -0.480 e. The number of carboxylic acids is 1. The third-order valence-corrected chi connectivity index (χ3v) is 3.46. The summed E-state index contributed by atoms with van der Waals surface area (Å²) in [6.07, 6.45) is 2.04. The van der Waals surface area contributed by atoms with Crippen LogP contribution in [-0.4, -0.2) is 42.3 Å². The maximum absolute atomic E-state index is 11.6. The van der Waals surface area contributed by atoms with Crippen molar-refractivity contribution in [3.8, 4) is 0 Å². The molecular weight excluding hydrogens is 230 g/mol. The molecule has 1 heterocycles. The molecule has 0 amide bonds. The number of likely N-dealkylation sites (tertiary alicyclic amines) is 1. The molecule has 18 heavy (non-hydrogen) atoms. The Bertz CT molecular complexity index is 393. The quantitative estimate of drug-likeness (QED) is 0.866. The highest BCUT2D eigenvalue weighted by Crippen LogP contribution is 2.29. The number of methoxy groups -OCH3 is 1. The van der Waals surface area contributed by atoms with Gasteiger partial charge in [0, 0.05) is 13.2 Å². The molecule has 0 bridgehead atoms. The summed E-state index contributed by atoms with van der Waals surface area (Å²) in [6, 6.07) is 9.06. The van der Waals surface area contributed by atoms with Crippen molar-refractivity contribution in [1.29, 1.82) is 0 Å². The summed E-state index contributed by atoms with van der Waals surface area (Å²) in [4.78, 5) is 13.6. The van der Waals surface area contributed by atoms with Crippen molar-refractivity contribution in [2.45, 2.75) is 24.9 Å². The summed E-state index contributed by atoms with van der Waals surface area (Å²) < 4.78 is 5.19. The second-order valence-corrected chi connectivity index (χ2v) is 4.64. The molecule has 1 saturated heterocycles. The van der Waals surface area contributed by atoms with Crippen LogP contribution in [0.3, 0.4) is 0 Å². The SMILES string of the molecule is COC[C@@H]1CCCN1[C@@H](C(=O)O)c1ccccc1. The normalized spacial score (nSPS) is 21.9. The van der Waals surface area contributed by atoms with Gasteiger partial charge in [-0.3, -0.25) is 9.69 Å². The molecule has 0 aromatic heterocycles. The number of carbonyl (C=O) groups is 1. The lowest BCUT2D eigenvalue weighted by Crippen LogP contribution is -2.39. The van der Waals surface area contributed by atoms with Gasteiger partial charge in [0.25, 0.3) is 0 Å². The molecule has 4 nitrogen and oxygen atoms in total. The van der Waals surface area contributed by atoms with Crippen LogP contribution in [0.2, 0.25) is 0 Å². The molecule has 2 rings (SSSR count). The average molecular weight is 249 g/mol. The van der Waals surface area contributed by atoms with Crippen LogP contribution in [0.4, 0.5) is 0 Å². The molecule has 4 heteroatoms. The largest absolute Gasteiger partial charge is 0.480 e. The van der Waals surface area contributed by atoms with Crippen LogP contribution in [0.1, 0.15) is 24.4 Å². The third-order valence-electron chi connectivity index (χ3n) is 3.46. The van der Waals surface area contributed by atoms with E-state index >= 15 is 0 Å². The van der Waals surface area contributed by atoms with Gasteiger partial charge in [-0.05, 0) is 24.9 Å². The minimum atomic E-state index is -0.788. The minimum absolute atomic E-state index is 0.205. The highest BCUT2D eigenvalue weighted by molar-refractivity contribution is 5.75. The van der Waals surface area contributed by atoms with Gasteiger partial charge in [-0.25, -0.2) is 0 Å². The Morgan fingerprint density at radius 3 is 2.83 bits per heavy atom. The van der Waals surface area contributed by atoms with Gasteiger partial charge in [-0.1, -0.05) is 30.3 Å². The number of ether oxygens (including phenoxy) is 1. The van der Waals surface area contributed by atoms with Crippen LogP contribution < -0.4 is 0 Å². The molecule has 0 radical (unpaired) electrons. The van der Waals surface area contributed by atoms with Gasteiger partial charge in [-0.2, -0.15) is 0 Å². The molecular formula is C14H19NO3. The number of aliphatic carboxylic acids is 1. The van der Waals surface area contributed by atoms with Crippen LogP contribution in [-0.2, 0) is 9.53 Å². The Balaban J connectivity index is 2.23. The van der Waals surface area contributed by atoms with Gasteiger partial charge in [0.15, 0.2) is 0 Å². The second kappa shape index (κ2) is 5.98. The standard InChI is InChI=1S/C14H19NO3/c1-18-10-12-8-5-9-15(12)13(14(16)17)11-6-3-2-4-7-11/h2-4,6-7,12-13H,5,8-10H2,1H3,(H,16,17)/t12-,13+/m0/s1. The van der Waals surface area contributed by atoms with Crippen molar-refractivity contribution in [1.82, 2.24) is 4.90 Å². The lowest BCUT2D eigenvalue weighted by Gasteiger charge is -2.30. The Labute approximate surface area is 107 Å². The molecule has 2 atom stereocenters. The van der Waals surface area contributed by atoms with Crippen LogP contribution in [0.5, 0.6) is 0 Å². The van der Waals surface area contributed by atoms with E-state index in [0.717, 1.165) is 24.9 Å². The van der Waals surface area contributed by atoms with Crippen LogP contribution in [0.25, 0.3) is 0 Å². The van der Waals surface area contributed by atoms with Gasteiger partial charge in [0.1, 0.15) is 6.04 Å². The zero-order valence-electron chi connectivity index (χ0n) is 10.6. The van der Waals surface area contributed by atoms with Crippen molar-refractivity contribution in [3.05, 3.63) is 35.9 Å². The van der Waals surface area contributed by atoms with Crippen LogP contribution in [0, 0.1) is 0 Å². The number of rotatable bonds is 5. The molecule has 1 aromatic carbocycles. The molecule has 0 unspecified atom stereocenters. The maximum atomic E-state index is 11.6. The average Bonchev–Trinajstić information content (AvgIpc) is 2.79. The predicted octanol–water partition coefficient (Wildman–Crippen LogP) is 1.92. The Hall–Kier alpha value is -1.39. The van der Waals surface area contributed by atoms with Crippen molar-refractivity contribution in [2.75, 3.05) is 20.3 Å². The monoisotopic (exact) mass is 249 g/mol. The maximum Gasteiger partial charge on any atom is 0.325 e. The highest BCUT2D eigenvalue weighted by atomic mass is 16.5. The van der Waals surface area contributed by atoms with Gasteiger partial charge in [0.05, 0.1) is 6.61 Å². The predicted molar refractivity (Wildman–Crippen MR) is 68.4 cm³/mol. The summed E-state index contributed by atoms with van der Waals surface area (Å²) >= 11 is 0. The van der Waals surface area contributed by atoms with E-state index < -0.39 is 12.0 Å². The fourth-order valence-corrected chi connectivity index (χ4v) is 2.68. The van der Waals surface area contributed by atoms with E-state index in [4.69, 9.17) is 4.74 Å². The molecule has 1 fully saturated rings. The van der Waals surface area contributed by atoms with E-state index in [1.807, 2.05) is 35.2 Å². The lowest BCUT2D eigenvalue weighted by atomic mass is 10.0. The zero-order chi connectivity index (χ0) is 13.0. The highest BCUT2D eigenvalue weighted by Gasteiger charge is 2.35. The number of benzene rings is 1. The van der Waals surface area contributed by atoms with E-state index in [9.17, 15) is 9.90 Å². The van der Waals surface area contributed by atoms with E-state index in [-0.39, 0.29) is 6.04 Å². The first-order valence-electron chi connectivity index (χ1n) is 6.26. The molecule has 98 valence electrons. The topological polar surface area (TPSA) is 49.8 Å². The van der Waals surface area contributed by atoms with Crippen molar-refractivity contribution in [2.24, 2.45) is 0 Å². The number of carboxylic acid groups (broad SMARTS) is 1. The lowest BCUT2D eigenvalue weighted by molar-refractivity contribution is -0.144. The van der Waals surface area contributed by atoms with E-state index in [2.05, 4.69) is 0 Å². The first kappa shape index (κ1) is 13.1. The third kappa shape index (κ3) is 2.71. The molecule has 1 N–H and O–H groups in total. The summed E-state index contributed by atoms with van der Waals surface area (Å²) in [5, 5.41) is 9.49. The number of hydrogen-bond donors (Lipinski definition) is 1. The van der Waals surface area contributed by atoms with Crippen LogP contribution in [0.15, 0.2) is 30.3 Å². The number of nitrogens with zero attached hydrogens (tertiary/aromatic N) is 1. The first-order valence-corrected chi connectivity index (χ1v) is 6.26. The fourth-order valence-electron chi connectivity index (χ4n) is 2.68.